The number of carbonyl (C=O) groups is 1. The van der Waals surface area contributed by atoms with Crippen LogP contribution in [0.2, 0.25) is 0 Å². The maximum atomic E-state index is 12.4. The lowest BCUT2D eigenvalue weighted by atomic mass is 10.1. The molecule has 1 atom stereocenters. The molecule has 1 aromatic rings. The van der Waals surface area contributed by atoms with E-state index in [4.69, 9.17) is 0 Å². The molecule has 1 rings (SSSR count). The first-order chi connectivity index (χ1) is 9.62. The van der Waals surface area contributed by atoms with Crippen LogP contribution in [0.15, 0.2) is 12.4 Å². The van der Waals surface area contributed by atoms with Crippen LogP contribution in [-0.4, -0.2) is 40.4 Å². The fourth-order valence-electron chi connectivity index (χ4n) is 1.81. The van der Waals surface area contributed by atoms with Crippen molar-refractivity contribution < 1.29 is 4.79 Å². The summed E-state index contributed by atoms with van der Waals surface area (Å²) in [4.78, 5) is 22.6. The molecule has 1 aromatic heterocycles. The van der Waals surface area contributed by atoms with Gasteiger partial charge in [-0.2, -0.15) is 0 Å². The number of rotatable bonds is 8. The summed E-state index contributed by atoms with van der Waals surface area (Å²) < 4.78 is 0. The van der Waals surface area contributed by atoms with Gasteiger partial charge in [-0.05, 0) is 19.3 Å². The summed E-state index contributed by atoms with van der Waals surface area (Å²) in [6.45, 7) is 10.7. The first kappa shape index (κ1) is 16.4. The largest absolute Gasteiger partial charge is 0.369 e. The normalized spacial score (nSPS) is 12.0. The maximum Gasteiger partial charge on any atom is 0.274 e. The Labute approximate surface area is 121 Å². The maximum absolute atomic E-state index is 12.4. The van der Waals surface area contributed by atoms with Crippen molar-refractivity contribution in [1.82, 2.24) is 14.9 Å². The second-order valence-corrected chi connectivity index (χ2v) is 5.07. The summed E-state index contributed by atoms with van der Waals surface area (Å²) in [6.07, 6.45) is 5.27. The zero-order chi connectivity index (χ0) is 15.0. The molecule has 1 heterocycles. The van der Waals surface area contributed by atoms with Gasteiger partial charge in [0.1, 0.15) is 11.5 Å². The van der Waals surface area contributed by atoms with E-state index in [0.717, 1.165) is 25.9 Å². The predicted octanol–water partition coefficient (Wildman–Crippen LogP) is 2.81. The highest BCUT2D eigenvalue weighted by atomic mass is 16.2. The van der Waals surface area contributed by atoms with Gasteiger partial charge in [0.25, 0.3) is 5.91 Å². The van der Waals surface area contributed by atoms with E-state index in [0.29, 0.717) is 24.0 Å². The summed E-state index contributed by atoms with van der Waals surface area (Å²) in [5.41, 5.74) is 0.414. The predicted molar refractivity (Wildman–Crippen MR) is 81.8 cm³/mol. The van der Waals surface area contributed by atoms with Crippen molar-refractivity contribution in [3.8, 4) is 0 Å². The minimum absolute atomic E-state index is 0.0395. The Morgan fingerprint density at radius 1 is 1.30 bits per heavy atom. The third kappa shape index (κ3) is 4.79. The van der Waals surface area contributed by atoms with Crippen molar-refractivity contribution >= 4 is 11.7 Å². The number of carbonyl (C=O) groups excluding carboxylic acids is 1. The fourth-order valence-corrected chi connectivity index (χ4v) is 1.81. The molecule has 0 saturated carbocycles. The van der Waals surface area contributed by atoms with Crippen LogP contribution < -0.4 is 5.32 Å². The average Bonchev–Trinajstić information content (AvgIpc) is 2.50. The van der Waals surface area contributed by atoms with E-state index in [2.05, 4.69) is 36.1 Å². The van der Waals surface area contributed by atoms with Crippen LogP contribution in [0.5, 0.6) is 0 Å². The molecule has 0 radical (unpaired) electrons. The van der Waals surface area contributed by atoms with Crippen molar-refractivity contribution in [2.24, 2.45) is 5.92 Å². The molecule has 0 aromatic carbocycles. The minimum Gasteiger partial charge on any atom is -0.369 e. The van der Waals surface area contributed by atoms with Crippen molar-refractivity contribution in [3.05, 3.63) is 18.1 Å². The Balaban J connectivity index is 2.69. The Bertz CT molecular complexity index is 405. The lowest BCUT2D eigenvalue weighted by molar-refractivity contribution is 0.0734. The third-order valence-electron chi connectivity index (χ3n) is 3.32. The molecular formula is C15H26N4O. The molecule has 0 fully saturated rings. The van der Waals surface area contributed by atoms with Crippen molar-refractivity contribution in [1.29, 1.82) is 0 Å². The number of amides is 1. The lowest BCUT2D eigenvalue weighted by Gasteiger charge is -2.23. The van der Waals surface area contributed by atoms with Gasteiger partial charge in [0.05, 0.1) is 12.4 Å². The Morgan fingerprint density at radius 3 is 2.55 bits per heavy atom. The molecule has 1 amide bonds. The van der Waals surface area contributed by atoms with Gasteiger partial charge in [-0.3, -0.25) is 4.79 Å². The summed E-state index contributed by atoms with van der Waals surface area (Å²) in [7, 11) is 0. The Morgan fingerprint density at radius 2 is 2.05 bits per heavy atom. The molecule has 20 heavy (non-hydrogen) atoms. The summed E-state index contributed by atoms with van der Waals surface area (Å²) in [6, 6.07) is 0. The molecule has 112 valence electrons. The van der Waals surface area contributed by atoms with Crippen LogP contribution in [-0.2, 0) is 0 Å². The van der Waals surface area contributed by atoms with Crippen LogP contribution in [0, 0.1) is 5.92 Å². The van der Waals surface area contributed by atoms with Crippen LogP contribution in [0.4, 0.5) is 5.82 Å². The molecule has 0 aliphatic carbocycles. The number of nitrogens with zero attached hydrogens (tertiary/aromatic N) is 3. The molecule has 0 spiro atoms. The topological polar surface area (TPSA) is 58.1 Å². The van der Waals surface area contributed by atoms with Crippen LogP contribution >= 0.6 is 0 Å². The molecule has 5 heteroatoms. The van der Waals surface area contributed by atoms with Gasteiger partial charge >= 0.3 is 0 Å². The number of aromatic nitrogens is 2. The second kappa shape index (κ2) is 8.51. The molecule has 0 aliphatic heterocycles. The molecule has 0 aliphatic rings. The van der Waals surface area contributed by atoms with E-state index in [1.54, 1.807) is 12.4 Å². The van der Waals surface area contributed by atoms with Gasteiger partial charge in [-0.25, -0.2) is 9.97 Å². The van der Waals surface area contributed by atoms with Crippen molar-refractivity contribution in [3.63, 3.8) is 0 Å². The Hall–Kier alpha value is -1.65. The van der Waals surface area contributed by atoms with Crippen LogP contribution in [0.25, 0.3) is 0 Å². The number of nitrogens with one attached hydrogen (secondary N) is 1. The Kier molecular flexibility index (Phi) is 6.98. The minimum atomic E-state index is -0.0395. The SMILES string of the molecule is CCCNc1cnc(C(=O)N(CC)CC(C)CC)cn1. The van der Waals surface area contributed by atoms with Crippen molar-refractivity contribution in [2.75, 3.05) is 25.0 Å². The average molecular weight is 278 g/mol. The van der Waals surface area contributed by atoms with E-state index in [9.17, 15) is 4.79 Å². The number of anilines is 1. The molecule has 0 saturated heterocycles. The lowest BCUT2D eigenvalue weighted by Crippen LogP contribution is -2.35. The van der Waals surface area contributed by atoms with Crippen LogP contribution in [0.1, 0.15) is 51.0 Å². The van der Waals surface area contributed by atoms with Gasteiger partial charge in [0.15, 0.2) is 0 Å². The highest BCUT2D eigenvalue weighted by Crippen LogP contribution is 2.09. The first-order valence-corrected chi connectivity index (χ1v) is 7.47. The first-order valence-electron chi connectivity index (χ1n) is 7.47. The van der Waals surface area contributed by atoms with E-state index in [-0.39, 0.29) is 5.91 Å². The van der Waals surface area contributed by atoms with Gasteiger partial charge in [0, 0.05) is 19.6 Å². The standard InChI is InChI=1S/C15H26N4O/c1-5-8-16-14-10-17-13(9-18-14)15(20)19(7-3)11-12(4)6-2/h9-10,12H,5-8,11H2,1-4H3,(H,16,18). The van der Waals surface area contributed by atoms with Gasteiger partial charge < -0.3 is 10.2 Å². The molecule has 5 nitrogen and oxygen atoms in total. The quantitative estimate of drug-likeness (QED) is 0.794. The monoisotopic (exact) mass is 278 g/mol. The van der Waals surface area contributed by atoms with E-state index < -0.39 is 0 Å². The third-order valence-corrected chi connectivity index (χ3v) is 3.32. The molecule has 0 bridgehead atoms. The number of hydrogen-bond donors (Lipinski definition) is 1. The van der Waals surface area contributed by atoms with Crippen LogP contribution in [0.3, 0.4) is 0 Å². The number of hydrogen-bond acceptors (Lipinski definition) is 4. The highest BCUT2D eigenvalue weighted by molar-refractivity contribution is 5.92. The summed E-state index contributed by atoms with van der Waals surface area (Å²) in [5, 5.41) is 3.15. The molecular weight excluding hydrogens is 252 g/mol. The van der Waals surface area contributed by atoms with Crippen molar-refractivity contribution in [2.45, 2.75) is 40.5 Å². The zero-order valence-electron chi connectivity index (χ0n) is 13.0. The fraction of sp³-hybridized carbons (Fsp3) is 0.667. The second-order valence-electron chi connectivity index (χ2n) is 5.07. The molecule has 1 N–H and O–H groups in total. The van der Waals surface area contributed by atoms with E-state index in [1.807, 2.05) is 11.8 Å². The summed E-state index contributed by atoms with van der Waals surface area (Å²) >= 11 is 0. The zero-order valence-corrected chi connectivity index (χ0v) is 13.0. The van der Waals surface area contributed by atoms with E-state index in [1.165, 1.54) is 0 Å². The molecule has 1 unspecified atom stereocenters. The van der Waals surface area contributed by atoms with Gasteiger partial charge in [-0.15, -0.1) is 0 Å². The highest BCUT2D eigenvalue weighted by Gasteiger charge is 2.17. The van der Waals surface area contributed by atoms with E-state index >= 15 is 0 Å². The van der Waals surface area contributed by atoms with Gasteiger partial charge in [-0.1, -0.05) is 27.2 Å². The summed E-state index contributed by atoms with van der Waals surface area (Å²) in [5.74, 6) is 1.17. The van der Waals surface area contributed by atoms with Gasteiger partial charge in [0.2, 0.25) is 0 Å². The smallest absolute Gasteiger partial charge is 0.274 e.